The molecule has 0 fully saturated rings. The van der Waals surface area contributed by atoms with Gasteiger partial charge < -0.3 is 14.6 Å². The second-order valence-corrected chi connectivity index (χ2v) is 9.35. The minimum atomic E-state index is -0.118. The van der Waals surface area contributed by atoms with Crippen molar-refractivity contribution >= 4 is 17.9 Å². The highest BCUT2D eigenvalue weighted by Crippen LogP contribution is 2.33. The van der Waals surface area contributed by atoms with Crippen molar-refractivity contribution in [2.75, 3.05) is 13.2 Å². The third kappa shape index (κ3) is 4.87. The Morgan fingerprint density at radius 3 is 2.72 bits per heavy atom. The van der Waals surface area contributed by atoms with Gasteiger partial charge in [-0.2, -0.15) is 0 Å². The van der Waals surface area contributed by atoms with E-state index in [9.17, 15) is 4.79 Å². The fourth-order valence-electron chi connectivity index (χ4n) is 4.06. The second kappa shape index (κ2) is 9.84. The monoisotopic (exact) mass is 449 g/mol. The molecule has 0 spiro atoms. The van der Waals surface area contributed by atoms with Crippen LogP contribution >= 0.6 is 11.9 Å². The molecule has 1 N–H and O–H groups in total. The topological polar surface area (TPSA) is 46.5 Å². The number of nitrogens with zero attached hydrogens (tertiary/aromatic N) is 2. The predicted octanol–water partition coefficient (Wildman–Crippen LogP) is 5.29. The van der Waals surface area contributed by atoms with E-state index < -0.39 is 0 Å². The summed E-state index contributed by atoms with van der Waals surface area (Å²) in [5.41, 5.74) is 5.63. The summed E-state index contributed by atoms with van der Waals surface area (Å²) in [5, 5.41) is 3.14. The van der Waals surface area contributed by atoms with Gasteiger partial charge in [-0.05, 0) is 74.0 Å². The zero-order valence-electron chi connectivity index (χ0n) is 19.2. The first-order valence-corrected chi connectivity index (χ1v) is 11.9. The van der Waals surface area contributed by atoms with Crippen molar-refractivity contribution < 1.29 is 9.53 Å². The molecule has 32 heavy (non-hydrogen) atoms. The minimum Gasteiger partial charge on any atom is -0.494 e. The summed E-state index contributed by atoms with van der Waals surface area (Å²) in [4.78, 5) is 14.2. The van der Waals surface area contributed by atoms with Crippen LogP contribution in [0.15, 0.2) is 59.5 Å². The molecule has 1 aliphatic heterocycles. The van der Waals surface area contributed by atoms with Crippen molar-refractivity contribution in [1.82, 2.24) is 14.2 Å². The van der Waals surface area contributed by atoms with Gasteiger partial charge in [-0.1, -0.05) is 36.4 Å². The number of benzene rings is 2. The van der Waals surface area contributed by atoms with Crippen LogP contribution in [0.2, 0.25) is 0 Å². The number of fused-ring (bicyclic) bond motifs is 1. The lowest BCUT2D eigenvalue weighted by Gasteiger charge is -2.27. The van der Waals surface area contributed by atoms with Gasteiger partial charge in [-0.3, -0.25) is 4.79 Å². The number of hydrogen-bond acceptors (Lipinski definition) is 4. The number of hydrogen-bond donors (Lipinski definition) is 1. The van der Waals surface area contributed by atoms with Gasteiger partial charge in [-0.15, -0.1) is 0 Å². The van der Waals surface area contributed by atoms with E-state index in [2.05, 4.69) is 40.8 Å². The Balaban J connectivity index is 1.45. The van der Waals surface area contributed by atoms with Crippen LogP contribution in [0.1, 0.15) is 52.8 Å². The third-order valence-electron chi connectivity index (χ3n) is 6.06. The maximum absolute atomic E-state index is 13.1. The summed E-state index contributed by atoms with van der Waals surface area (Å²) >= 11 is 1.75. The van der Waals surface area contributed by atoms with Gasteiger partial charge in [0.05, 0.1) is 12.6 Å². The molecule has 0 saturated heterocycles. The molecule has 2 heterocycles. The molecule has 1 aromatic heterocycles. The van der Waals surface area contributed by atoms with Crippen LogP contribution in [0.3, 0.4) is 0 Å². The van der Waals surface area contributed by atoms with Gasteiger partial charge in [0.1, 0.15) is 11.4 Å². The standard InChI is InChI=1S/C26H31N3O2S/c1-5-31-23-12-8-11-21(15-23)18(2)27-26(30)24-16-25(19(3)28(24)4)32-29-14-13-20-9-6-7-10-22(20)17-29/h6-12,15-16,18H,5,13-14,17H2,1-4H3,(H,27,30). The van der Waals surface area contributed by atoms with Crippen LogP contribution in [0, 0.1) is 6.92 Å². The van der Waals surface area contributed by atoms with Crippen LogP contribution < -0.4 is 10.1 Å². The molecule has 168 valence electrons. The van der Waals surface area contributed by atoms with Gasteiger partial charge >= 0.3 is 0 Å². The van der Waals surface area contributed by atoms with E-state index >= 15 is 0 Å². The SMILES string of the molecule is CCOc1cccc(C(C)NC(=O)c2cc(SN3CCc4ccccc4C3)c(C)n2C)c1. The van der Waals surface area contributed by atoms with E-state index in [1.807, 2.05) is 55.8 Å². The molecule has 1 unspecified atom stereocenters. The number of carbonyl (C=O) groups is 1. The number of carbonyl (C=O) groups excluding carboxylic acids is 1. The Morgan fingerprint density at radius 2 is 1.94 bits per heavy atom. The first-order chi connectivity index (χ1) is 15.5. The Hall–Kier alpha value is -2.70. The van der Waals surface area contributed by atoms with Crippen molar-refractivity contribution in [3.8, 4) is 5.75 Å². The van der Waals surface area contributed by atoms with Crippen molar-refractivity contribution in [3.63, 3.8) is 0 Å². The lowest BCUT2D eigenvalue weighted by Crippen LogP contribution is -2.28. The lowest BCUT2D eigenvalue weighted by molar-refractivity contribution is 0.0931. The highest BCUT2D eigenvalue weighted by atomic mass is 32.2. The molecular formula is C26H31N3O2S. The van der Waals surface area contributed by atoms with Gasteiger partial charge in [-0.25, -0.2) is 4.31 Å². The highest BCUT2D eigenvalue weighted by molar-refractivity contribution is 7.97. The van der Waals surface area contributed by atoms with Crippen molar-refractivity contribution in [3.05, 3.63) is 82.7 Å². The first kappa shape index (κ1) is 22.5. The summed E-state index contributed by atoms with van der Waals surface area (Å²) in [7, 11) is 1.96. The summed E-state index contributed by atoms with van der Waals surface area (Å²) in [6, 6.07) is 18.4. The lowest BCUT2D eigenvalue weighted by atomic mass is 10.0. The molecule has 0 saturated carbocycles. The van der Waals surface area contributed by atoms with Gasteiger partial charge in [0.2, 0.25) is 0 Å². The molecule has 3 aromatic rings. The predicted molar refractivity (Wildman–Crippen MR) is 130 cm³/mol. The quantitative estimate of drug-likeness (QED) is 0.498. The minimum absolute atomic E-state index is 0.0687. The normalized spacial score (nSPS) is 14.6. The fourth-order valence-corrected chi connectivity index (χ4v) is 5.16. The van der Waals surface area contributed by atoms with Crippen LogP contribution in [-0.2, 0) is 20.0 Å². The Labute approximate surface area is 194 Å². The second-order valence-electron chi connectivity index (χ2n) is 8.21. The van der Waals surface area contributed by atoms with Crippen LogP contribution in [-0.4, -0.2) is 27.9 Å². The van der Waals surface area contributed by atoms with Crippen molar-refractivity contribution in [1.29, 1.82) is 0 Å². The fraction of sp³-hybridized carbons (Fsp3) is 0.346. The third-order valence-corrected chi connectivity index (χ3v) is 7.24. The van der Waals surface area contributed by atoms with E-state index in [1.165, 1.54) is 11.1 Å². The summed E-state index contributed by atoms with van der Waals surface area (Å²) in [6.45, 7) is 8.59. The Morgan fingerprint density at radius 1 is 1.16 bits per heavy atom. The maximum atomic E-state index is 13.1. The molecule has 0 radical (unpaired) electrons. The number of ether oxygens (including phenoxy) is 1. The number of rotatable bonds is 7. The van der Waals surface area contributed by atoms with Crippen molar-refractivity contribution in [2.24, 2.45) is 7.05 Å². The first-order valence-electron chi connectivity index (χ1n) is 11.2. The van der Waals surface area contributed by atoms with Gasteiger partial charge in [0.15, 0.2) is 0 Å². The van der Waals surface area contributed by atoms with E-state index in [1.54, 1.807) is 11.9 Å². The summed E-state index contributed by atoms with van der Waals surface area (Å²) in [6.07, 6.45) is 1.06. The molecule has 5 nitrogen and oxygen atoms in total. The van der Waals surface area contributed by atoms with Crippen molar-refractivity contribution in [2.45, 2.75) is 44.7 Å². The molecule has 1 amide bonds. The molecule has 0 aliphatic carbocycles. The van der Waals surface area contributed by atoms with Gasteiger partial charge in [0, 0.05) is 30.7 Å². The highest BCUT2D eigenvalue weighted by Gasteiger charge is 2.22. The molecule has 4 rings (SSSR count). The molecular weight excluding hydrogens is 418 g/mol. The average Bonchev–Trinajstić information content (AvgIpc) is 3.08. The summed E-state index contributed by atoms with van der Waals surface area (Å²) in [5.74, 6) is 0.753. The van der Waals surface area contributed by atoms with Gasteiger partial charge in [0.25, 0.3) is 5.91 Å². The largest absolute Gasteiger partial charge is 0.494 e. The van der Waals surface area contributed by atoms with Crippen LogP contribution in [0.25, 0.3) is 0 Å². The van der Waals surface area contributed by atoms with Crippen LogP contribution in [0.4, 0.5) is 0 Å². The molecule has 6 heteroatoms. The average molecular weight is 450 g/mol. The maximum Gasteiger partial charge on any atom is 0.268 e. The zero-order valence-corrected chi connectivity index (χ0v) is 20.0. The number of amides is 1. The van der Waals surface area contributed by atoms with E-state index in [-0.39, 0.29) is 11.9 Å². The number of aromatic nitrogens is 1. The zero-order chi connectivity index (χ0) is 22.7. The molecule has 1 aliphatic rings. The van der Waals surface area contributed by atoms with Crippen LogP contribution in [0.5, 0.6) is 5.75 Å². The Kier molecular flexibility index (Phi) is 6.92. The van der Waals surface area contributed by atoms with E-state index in [4.69, 9.17) is 4.74 Å². The van der Waals surface area contributed by atoms with E-state index in [0.717, 1.165) is 41.4 Å². The molecule has 1 atom stereocenters. The summed E-state index contributed by atoms with van der Waals surface area (Å²) < 4.78 is 9.96. The smallest absolute Gasteiger partial charge is 0.268 e. The molecule has 0 bridgehead atoms. The van der Waals surface area contributed by atoms with E-state index in [0.29, 0.717) is 12.3 Å². The Bertz CT molecular complexity index is 1110. The number of nitrogens with one attached hydrogen (secondary N) is 1. The molecule has 2 aromatic carbocycles.